The van der Waals surface area contributed by atoms with E-state index < -0.39 is 0 Å². The summed E-state index contributed by atoms with van der Waals surface area (Å²) in [5.41, 5.74) is 0. The molecule has 2 amide bonds. The Kier molecular flexibility index (Phi) is 1.94. The first-order valence-corrected chi connectivity index (χ1v) is 5.56. The van der Waals surface area contributed by atoms with Crippen molar-refractivity contribution < 1.29 is 4.79 Å². The van der Waals surface area contributed by atoms with Gasteiger partial charge in [-0.15, -0.1) is 0 Å². The van der Waals surface area contributed by atoms with Crippen LogP contribution in [0.5, 0.6) is 0 Å². The molecule has 0 aromatic heterocycles. The van der Waals surface area contributed by atoms with Gasteiger partial charge >= 0.3 is 6.03 Å². The second kappa shape index (κ2) is 2.83. The zero-order valence-electron chi connectivity index (χ0n) is 7.30. The van der Waals surface area contributed by atoms with E-state index in [0.29, 0.717) is 4.75 Å². The Balaban J connectivity index is 1.90. The molecule has 2 rings (SSSR count). The Bertz CT molecular complexity index is 203. The Labute approximate surface area is 76.9 Å². The first kappa shape index (κ1) is 8.23. The summed E-state index contributed by atoms with van der Waals surface area (Å²) in [7, 11) is 0. The minimum absolute atomic E-state index is 0.121. The van der Waals surface area contributed by atoms with Gasteiger partial charge in [0.25, 0.3) is 0 Å². The monoisotopic (exact) mass is 186 g/mol. The van der Waals surface area contributed by atoms with Crippen molar-refractivity contribution in [1.82, 2.24) is 10.2 Å². The van der Waals surface area contributed by atoms with E-state index in [1.165, 1.54) is 12.8 Å². The number of thioether (sulfide) groups is 1. The van der Waals surface area contributed by atoms with Crippen molar-refractivity contribution in [2.45, 2.75) is 17.6 Å². The highest BCUT2D eigenvalue weighted by atomic mass is 32.2. The summed E-state index contributed by atoms with van der Waals surface area (Å²) >= 11 is 1.91. The van der Waals surface area contributed by atoms with Gasteiger partial charge in [0.2, 0.25) is 0 Å². The summed E-state index contributed by atoms with van der Waals surface area (Å²) in [6.45, 7) is 2.66. The molecular formula is C8H14N2OS. The summed E-state index contributed by atoms with van der Waals surface area (Å²) in [4.78, 5) is 13.1. The minimum Gasteiger partial charge on any atom is -0.336 e. The number of amides is 2. The van der Waals surface area contributed by atoms with Gasteiger partial charge in [-0.2, -0.15) is 11.8 Å². The summed E-state index contributed by atoms with van der Waals surface area (Å²) < 4.78 is 0.418. The molecule has 2 fully saturated rings. The van der Waals surface area contributed by atoms with Gasteiger partial charge in [-0.1, -0.05) is 0 Å². The predicted molar refractivity (Wildman–Crippen MR) is 50.5 cm³/mol. The summed E-state index contributed by atoms with van der Waals surface area (Å²) in [6.07, 6.45) is 4.69. The van der Waals surface area contributed by atoms with Crippen LogP contribution in [0.3, 0.4) is 0 Å². The van der Waals surface area contributed by atoms with Gasteiger partial charge in [0, 0.05) is 24.4 Å². The number of carbonyl (C=O) groups is 1. The number of urea groups is 1. The summed E-state index contributed by atoms with van der Waals surface area (Å²) in [6, 6.07) is 0.121. The standard InChI is InChI=1S/C8H14N2OS/c1-12-8(2-3-8)6-10-5-4-9-7(10)11/h2-6H2,1H3,(H,9,11). The van der Waals surface area contributed by atoms with Crippen LogP contribution in [0.15, 0.2) is 0 Å². The molecule has 1 heterocycles. The minimum atomic E-state index is 0.121. The van der Waals surface area contributed by atoms with Gasteiger partial charge in [0.15, 0.2) is 0 Å². The molecule has 12 heavy (non-hydrogen) atoms. The number of nitrogens with zero attached hydrogens (tertiary/aromatic N) is 1. The van der Waals surface area contributed by atoms with Crippen molar-refractivity contribution in [3.63, 3.8) is 0 Å². The Morgan fingerprint density at radius 1 is 1.67 bits per heavy atom. The van der Waals surface area contributed by atoms with Crippen molar-refractivity contribution in [3.05, 3.63) is 0 Å². The Morgan fingerprint density at radius 2 is 2.42 bits per heavy atom. The number of rotatable bonds is 3. The van der Waals surface area contributed by atoms with E-state index in [9.17, 15) is 4.79 Å². The van der Waals surface area contributed by atoms with Gasteiger partial charge < -0.3 is 10.2 Å². The molecule has 1 saturated carbocycles. The third-order valence-corrected chi connectivity index (χ3v) is 4.07. The van der Waals surface area contributed by atoms with Gasteiger partial charge in [0.1, 0.15) is 0 Å². The molecule has 1 N–H and O–H groups in total. The van der Waals surface area contributed by atoms with Gasteiger partial charge in [-0.3, -0.25) is 0 Å². The molecule has 68 valence electrons. The lowest BCUT2D eigenvalue weighted by Gasteiger charge is -2.20. The number of hydrogen-bond donors (Lipinski definition) is 1. The first-order chi connectivity index (χ1) is 5.76. The fourth-order valence-electron chi connectivity index (χ4n) is 1.58. The lowest BCUT2D eigenvalue weighted by Crippen LogP contribution is -2.34. The fraction of sp³-hybridized carbons (Fsp3) is 0.875. The number of nitrogens with one attached hydrogen (secondary N) is 1. The maximum absolute atomic E-state index is 11.2. The largest absolute Gasteiger partial charge is 0.336 e. The molecule has 0 spiro atoms. The van der Waals surface area contributed by atoms with Crippen molar-refractivity contribution in [2.75, 3.05) is 25.9 Å². The molecule has 0 atom stereocenters. The van der Waals surface area contributed by atoms with Crippen molar-refractivity contribution in [3.8, 4) is 0 Å². The van der Waals surface area contributed by atoms with Crippen LogP contribution in [0.1, 0.15) is 12.8 Å². The number of hydrogen-bond acceptors (Lipinski definition) is 2. The molecule has 1 saturated heterocycles. The van der Waals surface area contributed by atoms with Crippen LogP contribution < -0.4 is 5.32 Å². The van der Waals surface area contributed by atoms with E-state index in [1.807, 2.05) is 16.7 Å². The van der Waals surface area contributed by atoms with E-state index in [0.717, 1.165) is 19.6 Å². The van der Waals surface area contributed by atoms with E-state index in [1.54, 1.807) is 0 Å². The van der Waals surface area contributed by atoms with E-state index in [-0.39, 0.29) is 6.03 Å². The van der Waals surface area contributed by atoms with Crippen LogP contribution in [0.4, 0.5) is 4.79 Å². The highest BCUT2D eigenvalue weighted by Crippen LogP contribution is 2.47. The molecule has 0 bridgehead atoms. The van der Waals surface area contributed by atoms with Crippen LogP contribution >= 0.6 is 11.8 Å². The zero-order valence-corrected chi connectivity index (χ0v) is 8.12. The molecule has 1 aliphatic heterocycles. The fourth-order valence-corrected chi connectivity index (χ4v) is 2.37. The molecular weight excluding hydrogens is 172 g/mol. The molecule has 0 aromatic carbocycles. The quantitative estimate of drug-likeness (QED) is 0.710. The third kappa shape index (κ3) is 1.40. The second-order valence-corrected chi connectivity index (χ2v) is 4.81. The van der Waals surface area contributed by atoms with E-state index >= 15 is 0 Å². The Morgan fingerprint density at radius 3 is 2.83 bits per heavy atom. The molecule has 0 aromatic rings. The molecule has 2 aliphatic rings. The highest BCUT2D eigenvalue weighted by molar-refractivity contribution is 8.00. The van der Waals surface area contributed by atoms with Crippen LogP contribution in [0, 0.1) is 0 Å². The average molecular weight is 186 g/mol. The maximum Gasteiger partial charge on any atom is 0.317 e. The second-order valence-electron chi connectivity index (χ2n) is 3.54. The molecule has 0 radical (unpaired) electrons. The average Bonchev–Trinajstić information content (AvgIpc) is 2.74. The van der Waals surface area contributed by atoms with Crippen molar-refractivity contribution in [2.24, 2.45) is 0 Å². The van der Waals surface area contributed by atoms with Crippen LogP contribution in [-0.4, -0.2) is 41.6 Å². The molecule has 1 aliphatic carbocycles. The van der Waals surface area contributed by atoms with Gasteiger partial charge in [0.05, 0.1) is 0 Å². The van der Waals surface area contributed by atoms with Gasteiger partial charge in [-0.25, -0.2) is 4.79 Å². The highest BCUT2D eigenvalue weighted by Gasteiger charge is 2.44. The normalized spacial score (nSPS) is 25.8. The zero-order chi connectivity index (χ0) is 8.60. The van der Waals surface area contributed by atoms with E-state index in [4.69, 9.17) is 0 Å². The summed E-state index contributed by atoms with van der Waals surface area (Å²) in [5.74, 6) is 0. The molecule has 3 nitrogen and oxygen atoms in total. The smallest absolute Gasteiger partial charge is 0.317 e. The topological polar surface area (TPSA) is 32.3 Å². The third-order valence-electron chi connectivity index (χ3n) is 2.66. The SMILES string of the molecule is CSC1(CN2CCNC2=O)CC1. The van der Waals surface area contributed by atoms with Crippen LogP contribution in [-0.2, 0) is 0 Å². The van der Waals surface area contributed by atoms with Crippen LogP contribution in [0.25, 0.3) is 0 Å². The van der Waals surface area contributed by atoms with Crippen molar-refractivity contribution in [1.29, 1.82) is 0 Å². The molecule has 0 unspecified atom stereocenters. The van der Waals surface area contributed by atoms with Crippen LogP contribution in [0.2, 0.25) is 0 Å². The van der Waals surface area contributed by atoms with E-state index in [2.05, 4.69) is 11.6 Å². The summed E-state index contributed by atoms with van der Waals surface area (Å²) in [5, 5.41) is 2.82. The van der Waals surface area contributed by atoms with Crippen molar-refractivity contribution >= 4 is 17.8 Å². The maximum atomic E-state index is 11.2. The predicted octanol–water partition coefficient (Wildman–Crippen LogP) is 0.907. The van der Waals surface area contributed by atoms with Gasteiger partial charge in [-0.05, 0) is 19.1 Å². The Hall–Kier alpha value is -0.380. The lowest BCUT2D eigenvalue weighted by molar-refractivity contribution is 0.217. The first-order valence-electron chi connectivity index (χ1n) is 4.34. The lowest BCUT2D eigenvalue weighted by atomic mass is 10.4. The number of carbonyl (C=O) groups excluding carboxylic acids is 1. The molecule has 4 heteroatoms.